The number of nitrogens with two attached hydrogens (primary N) is 1. The van der Waals surface area contributed by atoms with E-state index in [-0.39, 0.29) is 30.3 Å². The van der Waals surface area contributed by atoms with Gasteiger partial charge in [-0.05, 0) is 55.4 Å². The van der Waals surface area contributed by atoms with Gasteiger partial charge < -0.3 is 11.1 Å². The summed E-state index contributed by atoms with van der Waals surface area (Å²) < 4.78 is 0. The van der Waals surface area contributed by atoms with E-state index in [4.69, 9.17) is 5.73 Å². The molecule has 1 aromatic carbocycles. The molecule has 1 aliphatic rings. The Balaban J connectivity index is 0.00000242. The predicted octanol–water partition coefficient (Wildman–Crippen LogP) is 3.95. The second-order valence-electron chi connectivity index (χ2n) is 5.66. The largest absolute Gasteiger partial charge is 0.399 e. The van der Waals surface area contributed by atoms with Crippen molar-refractivity contribution in [2.75, 3.05) is 5.73 Å². The molecule has 22 heavy (non-hydrogen) atoms. The summed E-state index contributed by atoms with van der Waals surface area (Å²) in [5.41, 5.74) is 9.10. The van der Waals surface area contributed by atoms with E-state index in [9.17, 15) is 4.79 Å². The summed E-state index contributed by atoms with van der Waals surface area (Å²) in [5.74, 6) is 0.0173. The van der Waals surface area contributed by atoms with Gasteiger partial charge in [0.1, 0.15) is 0 Å². The number of nitrogen functional groups attached to an aromatic ring is 1. The second-order valence-corrected chi connectivity index (χ2v) is 5.66. The van der Waals surface area contributed by atoms with Gasteiger partial charge in [-0.25, -0.2) is 0 Å². The van der Waals surface area contributed by atoms with Crippen molar-refractivity contribution in [1.82, 2.24) is 5.32 Å². The molecule has 0 aliphatic heterocycles. The molecule has 2 rings (SSSR count). The van der Waals surface area contributed by atoms with Crippen molar-refractivity contribution in [1.29, 1.82) is 0 Å². The van der Waals surface area contributed by atoms with Gasteiger partial charge in [-0.3, -0.25) is 4.79 Å². The minimum atomic E-state index is -0.0702. The Morgan fingerprint density at radius 3 is 2.68 bits per heavy atom. The van der Waals surface area contributed by atoms with Crippen molar-refractivity contribution in [3.8, 4) is 0 Å². The summed E-state index contributed by atoms with van der Waals surface area (Å²) in [7, 11) is 0. The van der Waals surface area contributed by atoms with E-state index in [1.807, 2.05) is 18.2 Å². The van der Waals surface area contributed by atoms with E-state index in [1.54, 1.807) is 12.2 Å². The number of anilines is 1. The van der Waals surface area contributed by atoms with Crippen molar-refractivity contribution in [2.24, 2.45) is 5.92 Å². The maximum absolute atomic E-state index is 12.4. The lowest BCUT2D eigenvalue weighted by Gasteiger charge is -2.28. The lowest BCUT2D eigenvalue weighted by atomic mass is 9.87. The molecule has 0 bridgehead atoms. The van der Waals surface area contributed by atoms with Crippen molar-refractivity contribution in [2.45, 2.75) is 38.1 Å². The molecule has 3 N–H and O–H groups in total. The van der Waals surface area contributed by atoms with E-state index in [0.29, 0.717) is 12.8 Å². The number of benzene rings is 1. The number of halogens is 1. The van der Waals surface area contributed by atoms with Crippen LogP contribution in [-0.2, 0) is 11.2 Å². The van der Waals surface area contributed by atoms with Crippen LogP contribution in [0.1, 0.15) is 42.9 Å². The van der Waals surface area contributed by atoms with Crippen LogP contribution in [0.2, 0.25) is 0 Å². The van der Waals surface area contributed by atoms with Crippen molar-refractivity contribution >= 4 is 24.0 Å². The van der Waals surface area contributed by atoms with Gasteiger partial charge in [0.05, 0.1) is 6.04 Å². The van der Waals surface area contributed by atoms with Crippen LogP contribution in [0, 0.1) is 5.92 Å². The number of amides is 1. The Kier molecular flexibility index (Phi) is 7.19. The quantitative estimate of drug-likeness (QED) is 0.616. The van der Waals surface area contributed by atoms with Crippen LogP contribution in [0.15, 0.2) is 43.5 Å². The zero-order valence-electron chi connectivity index (χ0n) is 12.9. The Morgan fingerprint density at radius 1 is 1.36 bits per heavy atom. The molecule has 3 nitrogen and oxygen atoms in total. The SMILES string of the molecule is C=CCC(CC=C)C(=O)NC1CCCc2cc(N)ccc21.Cl. The maximum atomic E-state index is 12.4. The Bertz CT molecular complexity index is 532. The van der Waals surface area contributed by atoms with Crippen LogP contribution < -0.4 is 11.1 Å². The van der Waals surface area contributed by atoms with Gasteiger partial charge in [0.15, 0.2) is 0 Å². The lowest BCUT2D eigenvalue weighted by Crippen LogP contribution is -2.35. The molecule has 0 aromatic heterocycles. The van der Waals surface area contributed by atoms with E-state index in [0.717, 1.165) is 24.9 Å². The topological polar surface area (TPSA) is 55.1 Å². The molecule has 1 aromatic rings. The number of carbonyl (C=O) groups excluding carboxylic acids is 1. The Hall–Kier alpha value is -1.74. The molecule has 0 saturated carbocycles. The standard InChI is InChI=1S/C18H24N2O.ClH/c1-3-6-13(7-4-2)18(21)20-17-9-5-8-14-12-15(19)10-11-16(14)17;/h3-4,10-13,17H,1-2,5-9,19H2,(H,20,21);1H. The summed E-state index contributed by atoms with van der Waals surface area (Å²) in [6, 6.07) is 6.08. The molecule has 0 spiro atoms. The fourth-order valence-corrected chi connectivity index (χ4v) is 2.99. The summed E-state index contributed by atoms with van der Waals surface area (Å²) in [6.07, 6.45) is 8.05. The van der Waals surface area contributed by atoms with Gasteiger partial charge in [-0.1, -0.05) is 18.2 Å². The monoisotopic (exact) mass is 320 g/mol. The number of nitrogens with one attached hydrogen (secondary N) is 1. The van der Waals surface area contributed by atoms with E-state index >= 15 is 0 Å². The first kappa shape index (κ1) is 18.3. The van der Waals surface area contributed by atoms with Crippen LogP contribution in [0.3, 0.4) is 0 Å². The predicted molar refractivity (Wildman–Crippen MR) is 95.0 cm³/mol. The van der Waals surface area contributed by atoms with Crippen molar-refractivity contribution in [3.05, 3.63) is 54.6 Å². The number of fused-ring (bicyclic) bond motifs is 1. The van der Waals surface area contributed by atoms with Crippen LogP contribution in [0.25, 0.3) is 0 Å². The number of allylic oxidation sites excluding steroid dienone is 2. The molecule has 1 unspecified atom stereocenters. The number of hydrogen-bond donors (Lipinski definition) is 2. The normalized spacial score (nSPS) is 16.3. The smallest absolute Gasteiger partial charge is 0.224 e. The number of carbonyl (C=O) groups is 1. The molecular formula is C18H25ClN2O. The molecule has 4 heteroatoms. The van der Waals surface area contributed by atoms with Crippen LogP contribution in [0.4, 0.5) is 5.69 Å². The van der Waals surface area contributed by atoms with Crippen LogP contribution >= 0.6 is 12.4 Å². The molecular weight excluding hydrogens is 296 g/mol. The summed E-state index contributed by atoms with van der Waals surface area (Å²) in [5, 5.41) is 3.19. The summed E-state index contributed by atoms with van der Waals surface area (Å²) >= 11 is 0. The highest BCUT2D eigenvalue weighted by atomic mass is 35.5. The Labute approximate surface area is 139 Å². The number of aryl methyl sites for hydroxylation is 1. The number of rotatable bonds is 6. The fraction of sp³-hybridized carbons (Fsp3) is 0.389. The van der Waals surface area contributed by atoms with Gasteiger partial charge >= 0.3 is 0 Å². The van der Waals surface area contributed by atoms with Crippen molar-refractivity contribution < 1.29 is 4.79 Å². The van der Waals surface area contributed by atoms with Gasteiger partial charge in [0.25, 0.3) is 0 Å². The molecule has 1 aliphatic carbocycles. The molecule has 1 atom stereocenters. The molecule has 1 amide bonds. The van der Waals surface area contributed by atoms with Crippen LogP contribution in [-0.4, -0.2) is 5.91 Å². The van der Waals surface area contributed by atoms with Crippen LogP contribution in [0.5, 0.6) is 0 Å². The zero-order valence-corrected chi connectivity index (χ0v) is 13.7. The van der Waals surface area contributed by atoms with Gasteiger partial charge in [-0.15, -0.1) is 25.6 Å². The first-order chi connectivity index (χ1) is 10.2. The van der Waals surface area contributed by atoms with Gasteiger partial charge in [0, 0.05) is 11.6 Å². The fourth-order valence-electron chi connectivity index (χ4n) is 2.99. The molecule has 0 saturated heterocycles. The van der Waals surface area contributed by atoms with E-state index < -0.39 is 0 Å². The van der Waals surface area contributed by atoms with E-state index in [2.05, 4.69) is 18.5 Å². The first-order valence-electron chi connectivity index (χ1n) is 7.56. The molecule has 0 heterocycles. The minimum Gasteiger partial charge on any atom is -0.399 e. The highest BCUT2D eigenvalue weighted by Crippen LogP contribution is 2.31. The first-order valence-corrected chi connectivity index (χ1v) is 7.56. The van der Waals surface area contributed by atoms with Gasteiger partial charge in [0.2, 0.25) is 5.91 Å². The van der Waals surface area contributed by atoms with E-state index in [1.165, 1.54) is 11.1 Å². The maximum Gasteiger partial charge on any atom is 0.224 e. The summed E-state index contributed by atoms with van der Waals surface area (Å²) in [4.78, 5) is 12.4. The highest BCUT2D eigenvalue weighted by molar-refractivity contribution is 5.85. The number of hydrogen-bond acceptors (Lipinski definition) is 2. The lowest BCUT2D eigenvalue weighted by molar-refractivity contribution is -0.125. The zero-order chi connectivity index (χ0) is 15.2. The summed E-state index contributed by atoms with van der Waals surface area (Å²) in [6.45, 7) is 7.46. The molecule has 0 radical (unpaired) electrons. The third-order valence-corrected chi connectivity index (χ3v) is 4.07. The van der Waals surface area contributed by atoms with Gasteiger partial charge in [-0.2, -0.15) is 0 Å². The minimum absolute atomic E-state index is 0. The third-order valence-electron chi connectivity index (χ3n) is 4.07. The Morgan fingerprint density at radius 2 is 2.05 bits per heavy atom. The van der Waals surface area contributed by atoms with Crippen molar-refractivity contribution in [3.63, 3.8) is 0 Å². The third kappa shape index (κ3) is 4.38. The average Bonchev–Trinajstić information content (AvgIpc) is 2.47. The highest BCUT2D eigenvalue weighted by Gasteiger charge is 2.24. The molecule has 0 fully saturated rings. The molecule has 120 valence electrons. The average molecular weight is 321 g/mol. The second kappa shape index (κ2) is 8.64.